The maximum Gasteiger partial charge on any atom is 0.407 e. The number of nitrogens with one attached hydrogen (secondary N) is 1. The van der Waals surface area contributed by atoms with Crippen LogP contribution < -0.4 is 11.1 Å². The van der Waals surface area contributed by atoms with Crippen molar-refractivity contribution >= 4 is 23.5 Å². The molecule has 1 rings (SSSR count). The highest BCUT2D eigenvalue weighted by atomic mass is 35.5. The van der Waals surface area contributed by atoms with Crippen molar-refractivity contribution in [2.45, 2.75) is 45.0 Å². The Kier molecular flexibility index (Phi) is 6.34. The molecule has 124 valence electrons. The van der Waals surface area contributed by atoms with Crippen molar-refractivity contribution in [2.75, 3.05) is 12.3 Å². The zero-order valence-electron chi connectivity index (χ0n) is 12.7. The second-order valence-electron chi connectivity index (χ2n) is 5.74. The molecule has 5 N–H and O–H groups in total. The van der Waals surface area contributed by atoms with Gasteiger partial charge < -0.3 is 26.0 Å². The van der Waals surface area contributed by atoms with Crippen molar-refractivity contribution in [2.24, 2.45) is 0 Å². The third-order valence-electron chi connectivity index (χ3n) is 2.62. The smallest absolute Gasteiger partial charge is 0.407 e. The van der Waals surface area contributed by atoms with Gasteiger partial charge in [-0.25, -0.2) is 4.79 Å². The normalized spacial score (nSPS) is 14.3. The predicted octanol–water partition coefficient (Wildman–Crippen LogP) is 1.02. The Labute approximate surface area is 133 Å². The quantitative estimate of drug-likeness (QED) is 0.633. The number of hydrogen-bond acceptors (Lipinski definition) is 7. The number of alkyl carbamates (subject to hydrolysis) is 1. The second kappa shape index (κ2) is 7.57. The van der Waals surface area contributed by atoms with Gasteiger partial charge in [0, 0.05) is 12.1 Å². The summed E-state index contributed by atoms with van der Waals surface area (Å²) >= 11 is 5.68. The molecule has 0 fully saturated rings. The molecule has 1 amide bonds. The average Bonchev–Trinajstić information content (AvgIpc) is 2.38. The topological polar surface area (TPSA) is 131 Å². The first-order valence-corrected chi connectivity index (χ1v) is 7.09. The lowest BCUT2D eigenvalue weighted by Gasteiger charge is -2.21. The number of aliphatic hydroxyl groups excluding tert-OH is 2. The Bertz CT molecular complexity index is 521. The molecule has 9 heteroatoms. The van der Waals surface area contributed by atoms with Crippen molar-refractivity contribution in [1.82, 2.24) is 15.5 Å². The molecule has 22 heavy (non-hydrogen) atoms. The number of aliphatic hydroxyl groups is 2. The van der Waals surface area contributed by atoms with Crippen molar-refractivity contribution in [1.29, 1.82) is 0 Å². The van der Waals surface area contributed by atoms with Gasteiger partial charge in [0.25, 0.3) is 0 Å². The molecular weight excluding hydrogens is 312 g/mol. The lowest BCUT2D eigenvalue weighted by Crippen LogP contribution is -2.34. The summed E-state index contributed by atoms with van der Waals surface area (Å²) in [6.07, 6.45) is -2.94. The summed E-state index contributed by atoms with van der Waals surface area (Å²) in [7, 11) is 0. The molecule has 0 aliphatic carbocycles. The third kappa shape index (κ3) is 6.00. The maximum absolute atomic E-state index is 11.4. The highest BCUT2D eigenvalue weighted by molar-refractivity contribution is 6.29. The number of ether oxygens (including phenoxy) is 1. The standard InChI is InChI=1S/C13H21ClN4O4/c1-13(2,3)22-12(21)16-5-4-8(19)10(20)7-6-9(14)17-18-11(7)15/h6,8,10,19-20H,4-5H2,1-3H3,(H2,15,18)(H,16,21). The van der Waals surface area contributed by atoms with Crippen LogP contribution in [0.1, 0.15) is 38.9 Å². The molecule has 0 aliphatic rings. The molecule has 0 aliphatic heterocycles. The SMILES string of the molecule is CC(C)(C)OC(=O)NCCC(O)C(O)c1cc(Cl)nnc1N. The molecule has 1 heterocycles. The van der Waals surface area contributed by atoms with Gasteiger partial charge in [-0.15, -0.1) is 10.2 Å². The van der Waals surface area contributed by atoms with E-state index >= 15 is 0 Å². The monoisotopic (exact) mass is 332 g/mol. The number of nitrogens with zero attached hydrogens (tertiary/aromatic N) is 2. The zero-order chi connectivity index (χ0) is 16.9. The molecular formula is C13H21ClN4O4. The van der Waals surface area contributed by atoms with E-state index < -0.39 is 23.9 Å². The minimum absolute atomic E-state index is 0.0175. The van der Waals surface area contributed by atoms with E-state index in [1.54, 1.807) is 20.8 Å². The lowest BCUT2D eigenvalue weighted by atomic mass is 10.0. The fourth-order valence-electron chi connectivity index (χ4n) is 1.63. The number of hydrogen-bond donors (Lipinski definition) is 4. The van der Waals surface area contributed by atoms with Crippen LogP contribution in [0.25, 0.3) is 0 Å². The predicted molar refractivity (Wildman–Crippen MR) is 81.3 cm³/mol. The molecule has 0 saturated heterocycles. The molecule has 0 spiro atoms. The molecule has 2 atom stereocenters. The number of rotatable bonds is 5. The van der Waals surface area contributed by atoms with E-state index in [-0.39, 0.29) is 29.5 Å². The van der Waals surface area contributed by atoms with E-state index in [1.165, 1.54) is 6.07 Å². The van der Waals surface area contributed by atoms with Crippen LogP contribution in [0, 0.1) is 0 Å². The molecule has 0 bridgehead atoms. The number of halogens is 1. The molecule has 1 aromatic heterocycles. The number of aromatic nitrogens is 2. The van der Waals surface area contributed by atoms with E-state index in [4.69, 9.17) is 22.1 Å². The van der Waals surface area contributed by atoms with Gasteiger partial charge in [0.1, 0.15) is 11.7 Å². The fourth-order valence-corrected chi connectivity index (χ4v) is 1.78. The molecule has 0 aromatic carbocycles. The second-order valence-corrected chi connectivity index (χ2v) is 6.12. The van der Waals surface area contributed by atoms with E-state index in [1.807, 2.05) is 0 Å². The van der Waals surface area contributed by atoms with Gasteiger partial charge in [0.05, 0.1) is 6.10 Å². The minimum atomic E-state index is -1.28. The van der Waals surface area contributed by atoms with Gasteiger partial charge in [-0.2, -0.15) is 0 Å². The number of nitrogens with two attached hydrogens (primary N) is 1. The number of nitrogen functional groups attached to an aromatic ring is 1. The summed E-state index contributed by atoms with van der Waals surface area (Å²) in [5.74, 6) is -0.0175. The zero-order valence-corrected chi connectivity index (χ0v) is 13.5. The van der Waals surface area contributed by atoms with Crippen LogP contribution in [0.2, 0.25) is 5.15 Å². The summed E-state index contributed by atoms with van der Waals surface area (Å²) in [5.41, 5.74) is 5.17. The summed E-state index contributed by atoms with van der Waals surface area (Å²) in [6.45, 7) is 5.36. The summed E-state index contributed by atoms with van der Waals surface area (Å²) in [4.78, 5) is 11.4. The number of amides is 1. The van der Waals surface area contributed by atoms with Gasteiger partial charge >= 0.3 is 6.09 Å². The largest absolute Gasteiger partial charge is 0.444 e. The molecule has 0 saturated carbocycles. The maximum atomic E-state index is 11.4. The van der Waals surface area contributed by atoms with Crippen LogP contribution >= 0.6 is 11.6 Å². The van der Waals surface area contributed by atoms with Crippen LogP contribution in [-0.2, 0) is 4.74 Å². The minimum Gasteiger partial charge on any atom is -0.444 e. The summed E-state index contributed by atoms with van der Waals surface area (Å²) in [6, 6.07) is 1.33. The molecule has 1 aromatic rings. The summed E-state index contributed by atoms with van der Waals surface area (Å²) < 4.78 is 5.05. The first-order valence-electron chi connectivity index (χ1n) is 6.71. The first-order chi connectivity index (χ1) is 10.1. The number of carbonyl (C=O) groups is 1. The van der Waals surface area contributed by atoms with Gasteiger partial charge in [-0.3, -0.25) is 0 Å². The van der Waals surface area contributed by atoms with Crippen molar-refractivity contribution < 1.29 is 19.7 Å². The Morgan fingerprint density at radius 3 is 2.68 bits per heavy atom. The van der Waals surface area contributed by atoms with Gasteiger partial charge in [-0.05, 0) is 33.3 Å². The first kappa shape index (κ1) is 18.4. The Morgan fingerprint density at radius 2 is 2.09 bits per heavy atom. The molecule has 2 unspecified atom stereocenters. The summed E-state index contributed by atoms with van der Waals surface area (Å²) in [5, 5.41) is 29.6. The van der Waals surface area contributed by atoms with E-state index in [2.05, 4.69) is 15.5 Å². The van der Waals surface area contributed by atoms with Gasteiger partial charge in [0.15, 0.2) is 11.0 Å². The average molecular weight is 333 g/mol. The van der Waals surface area contributed by atoms with E-state index in [0.717, 1.165) is 0 Å². The van der Waals surface area contributed by atoms with Gasteiger partial charge in [0.2, 0.25) is 0 Å². The highest BCUT2D eigenvalue weighted by Gasteiger charge is 2.22. The van der Waals surface area contributed by atoms with Crippen LogP contribution in [0.4, 0.5) is 10.6 Å². The Balaban J connectivity index is 2.50. The Morgan fingerprint density at radius 1 is 1.45 bits per heavy atom. The lowest BCUT2D eigenvalue weighted by molar-refractivity contribution is 0.0125. The van der Waals surface area contributed by atoms with Crippen LogP contribution in [0.3, 0.4) is 0 Å². The highest BCUT2D eigenvalue weighted by Crippen LogP contribution is 2.24. The molecule has 8 nitrogen and oxygen atoms in total. The van der Waals surface area contributed by atoms with E-state index in [9.17, 15) is 15.0 Å². The van der Waals surface area contributed by atoms with Crippen LogP contribution in [0.15, 0.2) is 6.07 Å². The van der Waals surface area contributed by atoms with Crippen LogP contribution in [0.5, 0.6) is 0 Å². The van der Waals surface area contributed by atoms with Crippen LogP contribution in [-0.4, -0.2) is 44.8 Å². The third-order valence-corrected chi connectivity index (χ3v) is 2.80. The number of carbonyl (C=O) groups excluding carboxylic acids is 1. The number of anilines is 1. The molecule has 0 radical (unpaired) electrons. The van der Waals surface area contributed by atoms with Crippen molar-refractivity contribution in [3.63, 3.8) is 0 Å². The fraction of sp³-hybridized carbons (Fsp3) is 0.615. The van der Waals surface area contributed by atoms with E-state index in [0.29, 0.717) is 0 Å². The van der Waals surface area contributed by atoms with Gasteiger partial charge in [-0.1, -0.05) is 11.6 Å². The van der Waals surface area contributed by atoms with Crippen molar-refractivity contribution in [3.05, 3.63) is 16.8 Å². The van der Waals surface area contributed by atoms with Crippen molar-refractivity contribution in [3.8, 4) is 0 Å². The Hall–Kier alpha value is -1.64.